The Labute approximate surface area is 153 Å². The summed E-state index contributed by atoms with van der Waals surface area (Å²) in [5.74, 6) is -0.101. The molecule has 4 rings (SSSR count). The Kier molecular flexibility index (Phi) is 5.03. The van der Waals surface area contributed by atoms with Crippen LogP contribution in [0.3, 0.4) is 0 Å². The summed E-state index contributed by atoms with van der Waals surface area (Å²) in [5, 5.41) is 0. The van der Waals surface area contributed by atoms with Crippen molar-refractivity contribution < 1.29 is 14.0 Å². The first-order chi connectivity index (χ1) is 12.6. The number of anilines is 1. The molecule has 0 N–H and O–H groups in total. The molecule has 0 amide bonds. The second-order valence-corrected chi connectivity index (χ2v) is 6.56. The first-order valence-corrected chi connectivity index (χ1v) is 8.82. The van der Waals surface area contributed by atoms with Crippen molar-refractivity contribution in [3.63, 3.8) is 0 Å². The normalized spacial score (nSPS) is 16.0. The molecule has 1 aliphatic carbocycles. The summed E-state index contributed by atoms with van der Waals surface area (Å²) in [7, 11) is 0. The summed E-state index contributed by atoms with van der Waals surface area (Å²) in [4.78, 5) is 27.0. The molecule has 1 aliphatic heterocycles. The van der Waals surface area contributed by atoms with Crippen LogP contribution < -0.4 is 4.90 Å². The summed E-state index contributed by atoms with van der Waals surface area (Å²) >= 11 is 0. The fourth-order valence-corrected chi connectivity index (χ4v) is 3.63. The lowest BCUT2D eigenvalue weighted by Gasteiger charge is -2.26. The number of halogens is 1. The summed E-state index contributed by atoms with van der Waals surface area (Å²) in [6.45, 7) is 6.69. The second-order valence-electron chi connectivity index (χ2n) is 6.56. The molecular weight excluding hydrogens is 329 g/mol. The molecule has 3 nitrogen and oxygen atoms in total. The molecule has 1 heterocycles. The van der Waals surface area contributed by atoms with E-state index >= 15 is 0 Å². The van der Waals surface area contributed by atoms with Crippen molar-refractivity contribution in [3.05, 3.63) is 78.6 Å². The minimum atomic E-state index is -0.345. The van der Waals surface area contributed by atoms with E-state index in [0.717, 1.165) is 24.1 Å². The summed E-state index contributed by atoms with van der Waals surface area (Å²) in [5.41, 5.74) is 1.99. The Hall–Kier alpha value is -2.75. The average molecular weight is 351 g/mol. The lowest BCUT2D eigenvalue weighted by atomic mass is 10.1. The first-order valence-electron chi connectivity index (χ1n) is 8.82. The number of hydrogen-bond acceptors (Lipinski definition) is 3. The molecule has 0 radical (unpaired) electrons. The van der Waals surface area contributed by atoms with Crippen LogP contribution in [0.2, 0.25) is 0 Å². The van der Waals surface area contributed by atoms with E-state index in [9.17, 15) is 14.0 Å². The van der Waals surface area contributed by atoms with E-state index < -0.39 is 0 Å². The van der Waals surface area contributed by atoms with E-state index in [4.69, 9.17) is 0 Å². The highest BCUT2D eigenvalue weighted by atomic mass is 19.1. The Balaban J connectivity index is 0.000000948. The molecular formula is C22H22FNO2. The van der Waals surface area contributed by atoms with Crippen molar-refractivity contribution in [2.75, 3.05) is 11.4 Å². The van der Waals surface area contributed by atoms with Crippen LogP contribution in [-0.2, 0) is 0 Å². The SMILES string of the molecule is C=C.O=C(CCCN1c2ccccc2C(=O)C12CC2)c1ccc(F)cc1. The highest BCUT2D eigenvalue weighted by Crippen LogP contribution is 2.52. The van der Waals surface area contributed by atoms with Gasteiger partial charge < -0.3 is 4.90 Å². The molecule has 0 atom stereocenters. The number of rotatable bonds is 5. The fraction of sp³-hybridized carbons (Fsp3) is 0.273. The van der Waals surface area contributed by atoms with E-state index in [-0.39, 0.29) is 22.9 Å². The van der Waals surface area contributed by atoms with Crippen molar-refractivity contribution in [1.82, 2.24) is 0 Å². The van der Waals surface area contributed by atoms with Gasteiger partial charge in [0.05, 0.1) is 0 Å². The van der Waals surface area contributed by atoms with Crippen LogP contribution in [-0.4, -0.2) is 23.7 Å². The van der Waals surface area contributed by atoms with Gasteiger partial charge >= 0.3 is 0 Å². The third kappa shape index (κ3) is 3.07. The monoisotopic (exact) mass is 351 g/mol. The third-order valence-electron chi connectivity index (χ3n) is 5.05. The maximum absolute atomic E-state index is 12.9. The van der Waals surface area contributed by atoms with Gasteiger partial charge in [-0.25, -0.2) is 4.39 Å². The molecule has 0 unspecified atom stereocenters. The summed E-state index contributed by atoms with van der Waals surface area (Å²) in [6, 6.07) is 13.4. The maximum Gasteiger partial charge on any atom is 0.190 e. The Morgan fingerprint density at radius 3 is 2.38 bits per heavy atom. The smallest absolute Gasteiger partial charge is 0.190 e. The molecule has 1 fully saturated rings. The molecule has 0 saturated heterocycles. The summed E-state index contributed by atoms with van der Waals surface area (Å²) < 4.78 is 12.9. The largest absolute Gasteiger partial charge is 0.358 e. The fourth-order valence-electron chi connectivity index (χ4n) is 3.63. The van der Waals surface area contributed by atoms with E-state index in [0.29, 0.717) is 24.9 Å². The van der Waals surface area contributed by atoms with E-state index in [2.05, 4.69) is 18.1 Å². The van der Waals surface area contributed by atoms with Crippen LogP contribution >= 0.6 is 0 Å². The van der Waals surface area contributed by atoms with Gasteiger partial charge in [-0.2, -0.15) is 0 Å². The zero-order valence-electron chi connectivity index (χ0n) is 14.7. The Morgan fingerprint density at radius 2 is 1.73 bits per heavy atom. The number of benzene rings is 2. The van der Waals surface area contributed by atoms with Crippen LogP contribution in [0.5, 0.6) is 0 Å². The molecule has 2 aromatic rings. The molecule has 1 saturated carbocycles. The lowest BCUT2D eigenvalue weighted by molar-refractivity contribution is 0.0959. The molecule has 1 spiro atoms. The van der Waals surface area contributed by atoms with Gasteiger partial charge in [-0.05, 0) is 55.7 Å². The van der Waals surface area contributed by atoms with Crippen molar-refractivity contribution in [1.29, 1.82) is 0 Å². The van der Waals surface area contributed by atoms with Crippen LogP contribution in [0, 0.1) is 5.82 Å². The number of ketones is 2. The van der Waals surface area contributed by atoms with Crippen molar-refractivity contribution >= 4 is 17.3 Å². The van der Waals surface area contributed by atoms with Crippen molar-refractivity contribution in [2.45, 2.75) is 31.2 Å². The van der Waals surface area contributed by atoms with Gasteiger partial charge in [0.25, 0.3) is 0 Å². The van der Waals surface area contributed by atoms with Gasteiger partial charge in [0, 0.05) is 29.8 Å². The number of hydrogen-bond donors (Lipinski definition) is 0. The second kappa shape index (κ2) is 7.24. The van der Waals surface area contributed by atoms with Crippen molar-refractivity contribution in [3.8, 4) is 0 Å². The quantitative estimate of drug-likeness (QED) is 0.572. The van der Waals surface area contributed by atoms with Gasteiger partial charge in [-0.15, -0.1) is 13.2 Å². The molecule has 2 aromatic carbocycles. The van der Waals surface area contributed by atoms with Gasteiger partial charge in [0.2, 0.25) is 0 Å². The minimum Gasteiger partial charge on any atom is -0.358 e. The lowest BCUT2D eigenvalue weighted by Crippen LogP contribution is -2.38. The third-order valence-corrected chi connectivity index (χ3v) is 5.05. The van der Waals surface area contributed by atoms with E-state index in [1.807, 2.05) is 24.3 Å². The Bertz CT molecular complexity index is 824. The molecule has 4 heteroatoms. The zero-order chi connectivity index (χ0) is 18.7. The van der Waals surface area contributed by atoms with Crippen LogP contribution in [0.15, 0.2) is 61.7 Å². The van der Waals surface area contributed by atoms with Gasteiger partial charge in [-0.1, -0.05) is 12.1 Å². The predicted octanol–water partition coefficient (Wildman–Crippen LogP) is 4.83. The number of carbonyl (C=O) groups is 2. The van der Waals surface area contributed by atoms with Crippen LogP contribution in [0.25, 0.3) is 0 Å². The minimum absolute atomic E-state index is 0.0126. The predicted molar refractivity (Wildman–Crippen MR) is 101 cm³/mol. The number of fused-ring (bicyclic) bond motifs is 1. The van der Waals surface area contributed by atoms with E-state index in [1.165, 1.54) is 24.3 Å². The average Bonchev–Trinajstić information content (AvgIpc) is 3.44. The molecule has 0 aromatic heterocycles. The van der Waals surface area contributed by atoms with Crippen molar-refractivity contribution in [2.24, 2.45) is 0 Å². The highest BCUT2D eigenvalue weighted by molar-refractivity contribution is 6.15. The number of carbonyl (C=O) groups excluding carboxylic acids is 2. The standard InChI is InChI=1S/C20H18FNO2.C2H4/c21-15-9-7-14(8-10-15)18(23)6-3-13-22-17-5-2-1-4-16(17)19(24)20(22)11-12-20;1-2/h1-2,4-5,7-10H,3,6,11-13H2;1-2H2. The molecule has 0 bridgehead atoms. The number of Topliss-reactive ketones (excluding diaryl/α,β-unsaturated/α-hetero) is 2. The highest BCUT2D eigenvalue weighted by Gasteiger charge is 2.59. The first kappa shape index (κ1) is 18.1. The van der Waals surface area contributed by atoms with Gasteiger partial charge in [-0.3, -0.25) is 9.59 Å². The molecule has 2 aliphatic rings. The van der Waals surface area contributed by atoms with Crippen LogP contribution in [0.1, 0.15) is 46.4 Å². The van der Waals surface area contributed by atoms with Gasteiger partial charge in [0.15, 0.2) is 11.6 Å². The van der Waals surface area contributed by atoms with E-state index in [1.54, 1.807) is 0 Å². The molecule has 26 heavy (non-hydrogen) atoms. The molecule has 134 valence electrons. The topological polar surface area (TPSA) is 37.4 Å². The maximum atomic E-state index is 12.9. The summed E-state index contributed by atoms with van der Waals surface area (Å²) in [6.07, 6.45) is 2.87. The van der Waals surface area contributed by atoms with Crippen LogP contribution in [0.4, 0.5) is 10.1 Å². The Morgan fingerprint density at radius 1 is 1.08 bits per heavy atom. The number of para-hydroxylation sites is 1. The zero-order valence-corrected chi connectivity index (χ0v) is 14.7. The van der Waals surface area contributed by atoms with Gasteiger partial charge in [0.1, 0.15) is 11.4 Å². The number of nitrogens with zero attached hydrogens (tertiary/aromatic N) is 1.